The fraction of sp³-hybridized carbons (Fsp3) is 0.300. The van der Waals surface area contributed by atoms with Gasteiger partial charge < -0.3 is 5.11 Å². The van der Waals surface area contributed by atoms with Crippen LogP contribution in [0.25, 0.3) is 0 Å². The van der Waals surface area contributed by atoms with E-state index < -0.39 is 16.2 Å². The van der Waals surface area contributed by atoms with Crippen molar-refractivity contribution in [1.82, 2.24) is 9.44 Å². The van der Waals surface area contributed by atoms with Gasteiger partial charge >= 0.3 is 5.97 Å². The molecule has 0 aliphatic rings. The van der Waals surface area contributed by atoms with Gasteiger partial charge in [-0.25, -0.2) is 14.2 Å². The largest absolute Gasteiger partial charge is 0.478 e. The van der Waals surface area contributed by atoms with Crippen LogP contribution in [0.15, 0.2) is 24.3 Å². The van der Waals surface area contributed by atoms with Crippen LogP contribution in [0.2, 0.25) is 0 Å². The van der Waals surface area contributed by atoms with Gasteiger partial charge in [-0.2, -0.15) is 8.42 Å². The predicted octanol–water partition coefficient (Wildman–Crippen LogP) is -0.0189. The summed E-state index contributed by atoms with van der Waals surface area (Å²) in [5.74, 6) is -1.02. The van der Waals surface area contributed by atoms with Crippen molar-refractivity contribution < 1.29 is 18.3 Å². The van der Waals surface area contributed by atoms with Crippen LogP contribution < -0.4 is 9.44 Å². The molecule has 0 amide bonds. The van der Waals surface area contributed by atoms with Crippen LogP contribution in [0.5, 0.6) is 0 Å². The third kappa shape index (κ3) is 4.14. The van der Waals surface area contributed by atoms with Crippen LogP contribution in [0.1, 0.15) is 15.9 Å². The maximum Gasteiger partial charge on any atom is 0.335 e. The Hall–Kier alpha value is -1.44. The van der Waals surface area contributed by atoms with Crippen molar-refractivity contribution in [1.29, 1.82) is 0 Å². The second-order valence-electron chi connectivity index (χ2n) is 3.31. The van der Waals surface area contributed by atoms with E-state index in [0.717, 1.165) is 0 Å². The second-order valence-corrected chi connectivity index (χ2v) is 5.02. The number of carboxylic acid groups (broad SMARTS) is 1. The molecule has 3 N–H and O–H groups in total. The van der Waals surface area contributed by atoms with E-state index in [2.05, 4.69) is 9.44 Å². The van der Waals surface area contributed by atoms with Crippen molar-refractivity contribution in [2.45, 2.75) is 6.42 Å². The smallest absolute Gasteiger partial charge is 0.335 e. The van der Waals surface area contributed by atoms with Gasteiger partial charge in [0.15, 0.2) is 0 Å². The highest BCUT2D eigenvalue weighted by atomic mass is 32.2. The number of carbonyl (C=O) groups is 1. The first-order valence-corrected chi connectivity index (χ1v) is 6.44. The summed E-state index contributed by atoms with van der Waals surface area (Å²) >= 11 is 0. The number of carboxylic acids is 1. The molecule has 0 atom stereocenters. The Labute approximate surface area is 99.8 Å². The minimum absolute atomic E-state index is 0.146. The fourth-order valence-corrected chi connectivity index (χ4v) is 1.85. The Morgan fingerprint density at radius 1 is 1.35 bits per heavy atom. The van der Waals surface area contributed by atoms with Gasteiger partial charge in [0.25, 0.3) is 10.2 Å². The van der Waals surface area contributed by atoms with E-state index >= 15 is 0 Å². The molecule has 1 aromatic rings. The second kappa shape index (κ2) is 5.76. The molecule has 1 rings (SSSR count). The summed E-state index contributed by atoms with van der Waals surface area (Å²) in [6, 6.07) is 6.50. The molecule has 0 aliphatic heterocycles. The summed E-state index contributed by atoms with van der Waals surface area (Å²) in [4.78, 5) is 10.9. The minimum Gasteiger partial charge on any atom is -0.478 e. The van der Waals surface area contributed by atoms with Crippen molar-refractivity contribution in [2.24, 2.45) is 0 Å². The molecule has 0 saturated carbocycles. The topological polar surface area (TPSA) is 95.5 Å². The average molecular weight is 258 g/mol. The van der Waals surface area contributed by atoms with Crippen molar-refractivity contribution in [3.8, 4) is 0 Å². The van der Waals surface area contributed by atoms with Crippen LogP contribution in [-0.2, 0) is 16.6 Å². The number of aromatic carboxylic acids is 1. The van der Waals surface area contributed by atoms with Gasteiger partial charge in [-0.05, 0) is 18.1 Å². The van der Waals surface area contributed by atoms with Gasteiger partial charge in [0, 0.05) is 13.6 Å². The van der Waals surface area contributed by atoms with Gasteiger partial charge in [0.2, 0.25) is 0 Å². The van der Waals surface area contributed by atoms with E-state index in [4.69, 9.17) is 5.11 Å². The van der Waals surface area contributed by atoms with E-state index in [9.17, 15) is 13.2 Å². The molecule has 0 heterocycles. The molecule has 17 heavy (non-hydrogen) atoms. The summed E-state index contributed by atoms with van der Waals surface area (Å²) in [5, 5.41) is 8.92. The number of hydrogen-bond donors (Lipinski definition) is 3. The number of benzene rings is 1. The van der Waals surface area contributed by atoms with Crippen LogP contribution in [0.4, 0.5) is 0 Å². The molecule has 1 aromatic carbocycles. The third-order valence-corrected chi connectivity index (χ3v) is 3.32. The zero-order valence-electron chi connectivity index (χ0n) is 9.30. The zero-order chi connectivity index (χ0) is 12.9. The van der Waals surface area contributed by atoms with E-state index in [1.54, 1.807) is 18.2 Å². The Balaban J connectivity index is 2.67. The maximum absolute atomic E-state index is 11.1. The first kappa shape index (κ1) is 13.6. The van der Waals surface area contributed by atoms with Gasteiger partial charge in [0.05, 0.1) is 5.56 Å². The predicted molar refractivity (Wildman–Crippen MR) is 63.1 cm³/mol. The lowest BCUT2D eigenvalue weighted by atomic mass is 10.1. The Kier molecular flexibility index (Phi) is 4.62. The lowest BCUT2D eigenvalue weighted by Gasteiger charge is -2.07. The lowest BCUT2D eigenvalue weighted by molar-refractivity contribution is 0.0695. The molecular formula is C10H14N2O4S. The molecule has 0 fully saturated rings. The molecule has 94 valence electrons. The van der Waals surface area contributed by atoms with Crippen molar-refractivity contribution in [3.05, 3.63) is 35.4 Å². The molecule has 7 heteroatoms. The Morgan fingerprint density at radius 3 is 2.59 bits per heavy atom. The molecule has 0 saturated heterocycles. The monoisotopic (exact) mass is 258 g/mol. The number of rotatable bonds is 6. The highest BCUT2D eigenvalue weighted by molar-refractivity contribution is 7.87. The standard InChI is InChI=1S/C10H14N2O4S/c1-11-17(15,16)12-7-6-8-4-2-3-5-9(8)10(13)14/h2-5,11-12H,6-7H2,1H3,(H,13,14). The normalized spacial score (nSPS) is 11.4. The molecular weight excluding hydrogens is 244 g/mol. The summed E-state index contributed by atoms with van der Waals surface area (Å²) in [6.07, 6.45) is 0.323. The summed E-state index contributed by atoms with van der Waals surface area (Å²) < 4.78 is 26.5. The zero-order valence-corrected chi connectivity index (χ0v) is 10.1. The van der Waals surface area contributed by atoms with Gasteiger partial charge in [0.1, 0.15) is 0 Å². The Morgan fingerprint density at radius 2 is 2.00 bits per heavy atom. The van der Waals surface area contributed by atoms with E-state index in [0.29, 0.717) is 12.0 Å². The Bertz CT molecular complexity index is 499. The molecule has 6 nitrogen and oxygen atoms in total. The van der Waals surface area contributed by atoms with Crippen LogP contribution in [0.3, 0.4) is 0 Å². The van der Waals surface area contributed by atoms with Crippen molar-refractivity contribution in [2.75, 3.05) is 13.6 Å². The van der Waals surface area contributed by atoms with Crippen molar-refractivity contribution in [3.63, 3.8) is 0 Å². The summed E-state index contributed by atoms with van der Waals surface area (Å²) in [7, 11) is -2.17. The highest BCUT2D eigenvalue weighted by Crippen LogP contribution is 2.08. The lowest BCUT2D eigenvalue weighted by Crippen LogP contribution is -2.35. The highest BCUT2D eigenvalue weighted by Gasteiger charge is 2.10. The van der Waals surface area contributed by atoms with E-state index in [-0.39, 0.29) is 12.1 Å². The van der Waals surface area contributed by atoms with Crippen LogP contribution in [-0.4, -0.2) is 33.1 Å². The molecule has 0 bridgehead atoms. The maximum atomic E-state index is 11.1. The van der Waals surface area contributed by atoms with Gasteiger partial charge in [-0.15, -0.1) is 0 Å². The first-order valence-electron chi connectivity index (χ1n) is 4.95. The number of nitrogens with one attached hydrogen (secondary N) is 2. The van der Waals surface area contributed by atoms with Crippen molar-refractivity contribution >= 4 is 16.2 Å². The van der Waals surface area contributed by atoms with Crippen LogP contribution in [0, 0.1) is 0 Å². The molecule has 0 unspecified atom stereocenters. The minimum atomic E-state index is -3.47. The van der Waals surface area contributed by atoms with Gasteiger partial charge in [-0.3, -0.25) is 0 Å². The molecule has 0 aromatic heterocycles. The van der Waals surface area contributed by atoms with E-state index in [1.165, 1.54) is 13.1 Å². The summed E-state index contributed by atoms with van der Waals surface area (Å²) in [5.41, 5.74) is 0.787. The first-order chi connectivity index (χ1) is 7.96. The quantitative estimate of drug-likeness (QED) is 0.668. The summed E-state index contributed by atoms with van der Waals surface area (Å²) in [6.45, 7) is 0.146. The SMILES string of the molecule is CNS(=O)(=O)NCCc1ccccc1C(=O)O. The van der Waals surface area contributed by atoms with Gasteiger partial charge in [-0.1, -0.05) is 18.2 Å². The molecule has 0 spiro atoms. The fourth-order valence-electron chi connectivity index (χ4n) is 1.34. The molecule has 0 radical (unpaired) electrons. The van der Waals surface area contributed by atoms with E-state index in [1.807, 2.05) is 0 Å². The average Bonchev–Trinajstić information content (AvgIpc) is 2.29. The molecule has 0 aliphatic carbocycles. The number of hydrogen-bond acceptors (Lipinski definition) is 3. The van der Waals surface area contributed by atoms with Crippen LogP contribution >= 0.6 is 0 Å². The third-order valence-electron chi connectivity index (χ3n) is 2.20.